The molecule has 0 aromatic carbocycles. The van der Waals surface area contributed by atoms with Crippen LogP contribution < -0.4 is 0 Å². The molecule has 2 heteroatoms. The summed E-state index contributed by atoms with van der Waals surface area (Å²) in [4.78, 5) is 10.5. The number of esters is 1. The zero-order valence-electron chi connectivity index (χ0n) is 12.0. The van der Waals surface area contributed by atoms with E-state index < -0.39 is 0 Å². The third-order valence-corrected chi connectivity index (χ3v) is 2.71. The average Bonchev–Trinajstić information content (AvgIpc) is 2.34. The number of hydrogen-bond donors (Lipinski definition) is 0. The molecular weight excluding hydrogens is 224 g/mol. The van der Waals surface area contributed by atoms with Crippen LogP contribution in [0.4, 0.5) is 0 Å². The van der Waals surface area contributed by atoms with Crippen LogP contribution in [0, 0.1) is 0 Å². The van der Waals surface area contributed by atoms with Crippen molar-refractivity contribution >= 4 is 5.97 Å². The Hall–Kier alpha value is -1.05. The van der Waals surface area contributed by atoms with Crippen LogP contribution in [-0.2, 0) is 9.53 Å². The number of hydrogen-bond acceptors (Lipinski definition) is 2. The van der Waals surface area contributed by atoms with E-state index in [1.54, 1.807) is 0 Å². The largest absolute Gasteiger partial charge is 0.435 e. The van der Waals surface area contributed by atoms with Crippen LogP contribution in [0.25, 0.3) is 0 Å². The number of carbonyl (C=O) groups excluding carboxylic acids is 1. The maximum Gasteiger partial charge on any atom is 0.307 e. The fraction of sp³-hybridized carbons (Fsp3) is 0.688. The summed E-state index contributed by atoms with van der Waals surface area (Å²) < 4.78 is 4.71. The number of allylic oxidation sites excluding steroid dienone is 3. The number of rotatable bonds is 11. The van der Waals surface area contributed by atoms with E-state index in [9.17, 15) is 4.79 Å². The molecule has 0 fully saturated rings. The van der Waals surface area contributed by atoms with Crippen molar-refractivity contribution < 1.29 is 9.53 Å². The Morgan fingerprint density at radius 3 is 2.00 bits per heavy atom. The van der Waals surface area contributed by atoms with Gasteiger partial charge in [-0.1, -0.05) is 44.8 Å². The molecule has 0 heterocycles. The molecule has 0 bridgehead atoms. The highest BCUT2D eigenvalue weighted by Crippen LogP contribution is 2.07. The average molecular weight is 252 g/mol. The van der Waals surface area contributed by atoms with Gasteiger partial charge in [-0.3, -0.25) is 4.79 Å². The summed E-state index contributed by atoms with van der Waals surface area (Å²) in [5.41, 5.74) is 0. The van der Waals surface area contributed by atoms with Gasteiger partial charge in [0.15, 0.2) is 0 Å². The molecule has 0 radical (unpaired) electrons. The first-order valence-electron chi connectivity index (χ1n) is 7.24. The minimum atomic E-state index is -0.249. The SMILES string of the molecule is CCCCC=CCCCCCCC=COC(C)=O. The summed E-state index contributed by atoms with van der Waals surface area (Å²) in [6.45, 7) is 3.64. The monoisotopic (exact) mass is 252 g/mol. The van der Waals surface area contributed by atoms with Crippen molar-refractivity contribution in [3.05, 3.63) is 24.5 Å². The molecule has 104 valence electrons. The van der Waals surface area contributed by atoms with E-state index in [1.807, 2.05) is 6.08 Å². The Morgan fingerprint density at radius 2 is 1.44 bits per heavy atom. The Balaban J connectivity index is 3.14. The summed E-state index contributed by atoms with van der Waals surface area (Å²) in [6.07, 6.45) is 19.1. The van der Waals surface area contributed by atoms with Gasteiger partial charge in [-0.25, -0.2) is 0 Å². The van der Waals surface area contributed by atoms with E-state index in [1.165, 1.54) is 64.6 Å². The number of ether oxygens (including phenoxy) is 1. The Bertz CT molecular complexity index is 241. The van der Waals surface area contributed by atoms with E-state index >= 15 is 0 Å². The van der Waals surface area contributed by atoms with Crippen molar-refractivity contribution in [2.24, 2.45) is 0 Å². The van der Waals surface area contributed by atoms with Crippen LogP contribution in [0.1, 0.15) is 71.6 Å². The van der Waals surface area contributed by atoms with Crippen LogP contribution >= 0.6 is 0 Å². The lowest BCUT2D eigenvalue weighted by atomic mass is 10.1. The van der Waals surface area contributed by atoms with E-state index in [4.69, 9.17) is 4.74 Å². The van der Waals surface area contributed by atoms with Crippen molar-refractivity contribution in [2.75, 3.05) is 0 Å². The second-order valence-corrected chi connectivity index (χ2v) is 4.59. The van der Waals surface area contributed by atoms with Gasteiger partial charge < -0.3 is 4.74 Å². The van der Waals surface area contributed by atoms with Crippen LogP contribution in [-0.4, -0.2) is 5.97 Å². The molecule has 0 amide bonds. The Kier molecular flexibility index (Phi) is 13.2. The molecule has 0 aromatic rings. The molecule has 0 saturated heterocycles. The van der Waals surface area contributed by atoms with E-state index in [-0.39, 0.29) is 5.97 Å². The first-order valence-corrected chi connectivity index (χ1v) is 7.24. The highest BCUT2D eigenvalue weighted by atomic mass is 16.5. The lowest BCUT2D eigenvalue weighted by Crippen LogP contribution is -1.89. The van der Waals surface area contributed by atoms with Crippen molar-refractivity contribution in [1.29, 1.82) is 0 Å². The number of carbonyl (C=O) groups is 1. The molecular formula is C16H28O2. The lowest BCUT2D eigenvalue weighted by Gasteiger charge is -1.97. The minimum absolute atomic E-state index is 0.249. The van der Waals surface area contributed by atoms with Gasteiger partial charge >= 0.3 is 5.97 Å². The predicted molar refractivity (Wildman–Crippen MR) is 77.3 cm³/mol. The topological polar surface area (TPSA) is 26.3 Å². The molecule has 0 rings (SSSR count). The molecule has 0 unspecified atom stereocenters. The van der Waals surface area contributed by atoms with Crippen LogP contribution in [0.3, 0.4) is 0 Å². The molecule has 2 nitrogen and oxygen atoms in total. The normalized spacial score (nSPS) is 11.4. The molecule has 0 N–H and O–H groups in total. The summed E-state index contributed by atoms with van der Waals surface area (Å²) >= 11 is 0. The van der Waals surface area contributed by atoms with Gasteiger partial charge in [0.05, 0.1) is 6.26 Å². The van der Waals surface area contributed by atoms with E-state index in [2.05, 4.69) is 19.1 Å². The third-order valence-electron chi connectivity index (χ3n) is 2.71. The number of unbranched alkanes of at least 4 members (excludes halogenated alkanes) is 7. The zero-order chi connectivity index (χ0) is 13.5. The summed E-state index contributed by atoms with van der Waals surface area (Å²) in [6, 6.07) is 0. The highest BCUT2D eigenvalue weighted by Gasteiger charge is 1.88. The zero-order valence-corrected chi connectivity index (χ0v) is 12.0. The van der Waals surface area contributed by atoms with Crippen molar-refractivity contribution in [2.45, 2.75) is 71.6 Å². The maximum absolute atomic E-state index is 10.5. The van der Waals surface area contributed by atoms with Crippen molar-refractivity contribution in [3.63, 3.8) is 0 Å². The van der Waals surface area contributed by atoms with Crippen LogP contribution in [0.15, 0.2) is 24.5 Å². The van der Waals surface area contributed by atoms with Crippen molar-refractivity contribution in [1.82, 2.24) is 0 Å². The smallest absolute Gasteiger partial charge is 0.307 e. The Labute approximate surface area is 112 Å². The molecule has 0 aliphatic rings. The summed E-state index contributed by atoms with van der Waals surface area (Å²) in [5, 5.41) is 0. The molecule has 0 saturated carbocycles. The first kappa shape index (κ1) is 16.9. The predicted octanol–water partition coefficient (Wildman–Crippen LogP) is 5.15. The van der Waals surface area contributed by atoms with Crippen molar-refractivity contribution in [3.8, 4) is 0 Å². The van der Waals surface area contributed by atoms with Gasteiger partial charge in [-0.15, -0.1) is 0 Å². The molecule has 0 aliphatic heterocycles. The van der Waals surface area contributed by atoms with Gasteiger partial charge in [0, 0.05) is 6.92 Å². The second-order valence-electron chi connectivity index (χ2n) is 4.59. The molecule has 0 atom stereocenters. The summed E-state index contributed by atoms with van der Waals surface area (Å²) in [7, 11) is 0. The van der Waals surface area contributed by atoms with Crippen LogP contribution in [0.5, 0.6) is 0 Å². The van der Waals surface area contributed by atoms with Gasteiger partial charge in [0.2, 0.25) is 0 Å². The van der Waals surface area contributed by atoms with Gasteiger partial charge in [0.25, 0.3) is 0 Å². The standard InChI is InChI=1S/C16H28O2/c1-3-4-5-6-7-8-9-10-11-12-13-14-15-18-16(2)17/h6-7,14-15H,3-5,8-13H2,1-2H3. The second kappa shape index (κ2) is 14.0. The fourth-order valence-corrected chi connectivity index (χ4v) is 1.65. The highest BCUT2D eigenvalue weighted by molar-refractivity contribution is 5.66. The fourth-order valence-electron chi connectivity index (χ4n) is 1.65. The maximum atomic E-state index is 10.5. The molecule has 18 heavy (non-hydrogen) atoms. The van der Waals surface area contributed by atoms with Gasteiger partial charge in [0.1, 0.15) is 0 Å². The minimum Gasteiger partial charge on any atom is -0.435 e. The van der Waals surface area contributed by atoms with Crippen LogP contribution in [0.2, 0.25) is 0 Å². The Morgan fingerprint density at radius 1 is 0.889 bits per heavy atom. The molecule has 0 spiro atoms. The van der Waals surface area contributed by atoms with E-state index in [0.29, 0.717) is 0 Å². The third kappa shape index (κ3) is 14.9. The quantitative estimate of drug-likeness (QED) is 0.220. The summed E-state index contributed by atoms with van der Waals surface area (Å²) in [5.74, 6) is -0.249. The van der Waals surface area contributed by atoms with E-state index in [0.717, 1.165) is 6.42 Å². The molecule has 0 aliphatic carbocycles. The lowest BCUT2D eigenvalue weighted by molar-refractivity contribution is -0.135. The van der Waals surface area contributed by atoms with Gasteiger partial charge in [-0.2, -0.15) is 0 Å². The first-order chi connectivity index (χ1) is 8.77. The van der Waals surface area contributed by atoms with Gasteiger partial charge in [-0.05, 0) is 38.2 Å². The molecule has 0 aromatic heterocycles.